The summed E-state index contributed by atoms with van der Waals surface area (Å²) in [7, 11) is 0. The topological polar surface area (TPSA) is 79.2 Å². The number of nitrogens with zero attached hydrogens (tertiary/aromatic N) is 1. The van der Waals surface area contributed by atoms with E-state index in [-0.39, 0.29) is 11.3 Å². The van der Waals surface area contributed by atoms with Crippen molar-refractivity contribution in [3.63, 3.8) is 0 Å². The minimum Gasteiger partial charge on any atom is -0.507 e. The van der Waals surface area contributed by atoms with E-state index in [1.54, 1.807) is 11.0 Å². The molecule has 2 aliphatic rings. The Balaban J connectivity index is 1.60. The number of hydrogen-bond donors (Lipinski definition) is 2. The Kier molecular flexibility index (Phi) is 5.47. The zero-order chi connectivity index (χ0) is 24.9. The number of ether oxygens (including phenoxy) is 2. The van der Waals surface area contributed by atoms with Gasteiger partial charge in [-0.1, -0.05) is 82.7 Å². The fourth-order valence-corrected chi connectivity index (χ4v) is 5.74. The lowest BCUT2D eigenvalue weighted by Crippen LogP contribution is -2.43. The van der Waals surface area contributed by atoms with Crippen LogP contribution in [0.1, 0.15) is 28.3 Å². The number of hydrogen-bond acceptors (Lipinski definition) is 5. The summed E-state index contributed by atoms with van der Waals surface area (Å²) in [6.45, 7) is 0.688. The van der Waals surface area contributed by atoms with Crippen molar-refractivity contribution in [3.05, 3.63) is 118 Å². The van der Waals surface area contributed by atoms with Gasteiger partial charge >= 0.3 is 0 Å². The average Bonchev–Trinajstić information content (AvgIpc) is 3.13. The van der Waals surface area contributed by atoms with Crippen LogP contribution in [0.2, 0.25) is 0 Å². The maximum absolute atomic E-state index is 14.4. The predicted octanol–water partition coefficient (Wildman–Crippen LogP) is 5.30. The minimum atomic E-state index is -2.17. The van der Waals surface area contributed by atoms with Crippen LogP contribution in [0.4, 0.5) is 5.69 Å². The van der Waals surface area contributed by atoms with Gasteiger partial charge in [-0.05, 0) is 29.3 Å². The van der Waals surface area contributed by atoms with Gasteiger partial charge in [0.15, 0.2) is 11.5 Å². The van der Waals surface area contributed by atoms with Crippen molar-refractivity contribution in [3.8, 4) is 17.2 Å². The predicted molar refractivity (Wildman–Crippen MR) is 138 cm³/mol. The molecule has 6 nitrogen and oxygen atoms in total. The van der Waals surface area contributed by atoms with Crippen LogP contribution >= 0.6 is 15.9 Å². The number of phenols is 1. The lowest BCUT2D eigenvalue weighted by Gasteiger charge is -2.31. The van der Waals surface area contributed by atoms with E-state index in [1.807, 2.05) is 72.8 Å². The normalized spacial score (nSPS) is 18.4. The number of phenolic OH excluding ortho intramolecular Hbond substituents is 1. The Morgan fingerprint density at radius 2 is 1.42 bits per heavy atom. The number of carbonyl (C=O) groups excluding carboxylic acids is 1. The van der Waals surface area contributed by atoms with Crippen molar-refractivity contribution in [2.24, 2.45) is 0 Å². The number of anilines is 1. The summed E-state index contributed by atoms with van der Waals surface area (Å²) in [5.74, 6) is -0.0964. The van der Waals surface area contributed by atoms with Gasteiger partial charge in [0.1, 0.15) is 19.0 Å². The standard InChI is InChI=1S/C29H22BrNO5/c30-21-12-7-13-22-26(21)29(34,20-16-24-25(17-23(20)32)36-15-14-35-24)28(33)31(22)27(18-8-3-1-4-9-18)19-10-5-2-6-11-19/h1-13,16-17,27,32,34H,14-15H2. The van der Waals surface area contributed by atoms with E-state index in [0.717, 1.165) is 11.1 Å². The van der Waals surface area contributed by atoms with Crippen LogP contribution < -0.4 is 14.4 Å². The van der Waals surface area contributed by atoms with Crippen molar-refractivity contribution in [2.45, 2.75) is 11.6 Å². The molecule has 1 atom stereocenters. The van der Waals surface area contributed by atoms with Gasteiger partial charge in [0.05, 0.1) is 11.7 Å². The zero-order valence-corrected chi connectivity index (χ0v) is 20.7. The number of carbonyl (C=O) groups is 1. The Labute approximate surface area is 216 Å². The number of halogens is 1. The van der Waals surface area contributed by atoms with Crippen molar-refractivity contribution >= 4 is 27.5 Å². The Bertz CT molecular complexity index is 1420. The number of amides is 1. The minimum absolute atomic E-state index is 0.0345. The first kappa shape index (κ1) is 22.6. The van der Waals surface area contributed by atoms with Gasteiger partial charge in [-0.3, -0.25) is 9.69 Å². The van der Waals surface area contributed by atoms with Crippen molar-refractivity contribution in [2.75, 3.05) is 18.1 Å². The average molecular weight is 544 g/mol. The van der Waals surface area contributed by atoms with Crippen molar-refractivity contribution in [1.29, 1.82) is 0 Å². The number of aromatic hydroxyl groups is 1. The quantitative estimate of drug-likeness (QED) is 0.365. The first-order chi connectivity index (χ1) is 17.5. The monoisotopic (exact) mass is 543 g/mol. The van der Waals surface area contributed by atoms with Gasteiger partial charge in [-0.15, -0.1) is 0 Å². The third kappa shape index (κ3) is 3.38. The zero-order valence-electron chi connectivity index (χ0n) is 19.1. The van der Waals surface area contributed by atoms with Crippen molar-refractivity contribution in [1.82, 2.24) is 0 Å². The summed E-state index contributed by atoms with van der Waals surface area (Å²) >= 11 is 3.56. The van der Waals surface area contributed by atoms with E-state index in [0.29, 0.717) is 40.4 Å². The number of fused-ring (bicyclic) bond motifs is 2. The highest BCUT2D eigenvalue weighted by atomic mass is 79.9. The van der Waals surface area contributed by atoms with E-state index >= 15 is 0 Å². The molecule has 1 unspecified atom stereocenters. The largest absolute Gasteiger partial charge is 0.507 e. The second kappa shape index (κ2) is 8.69. The maximum Gasteiger partial charge on any atom is 0.269 e. The molecular formula is C29H22BrNO5. The van der Waals surface area contributed by atoms with Gasteiger partial charge in [0.25, 0.3) is 5.91 Å². The molecule has 4 aromatic rings. The molecule has 0 spiro atoms. The summed E-state index contributed by atoms with van der Waals surface area (Å²) in [5, 5.41) is 23.3. The van der Waals surface area contributed by atoms with Crippen LogP contribution in [-0.2, 0) is 10.4 Å². The molecule has 0 aromatic heterocycles. The number of aliphatic hydroxyl groups is 1. The highest BCUT2D eigenvalue weighted by Gasteiger charge is 2.56. The number of rotatable bonds is 4. The molecule has 0 bridgehead atoms. The molecule has 2 heterocycles. The van der Waals surface area contributed by atoms with E-state index in [2.05, 4.69) is 15.9 Å². The van der Waals surface area contributed by atoms with Crippen LogP contribution in [0.3, 0.4) is 0 Å². The first-order valence-electron chi connectivity index (χ1n) is 11.6. The molecule has 0 aliphatic carbocycles. The molecule has 0 fully saturated rings. The van der Waals surface area contributed by atoms with E-state index < -0.39 is 17.6 Å². The highest BCUT2D eigenvalue weighted by molar-refractivity contribution is 9.10. The fraction of sp³-hybridized carbons (Fsp3) is 0.138. The molecule has 1 amide bonds. The summed E-state index contributed by atoms with van der Waals surface area (Å²) < 4.78 is 11.8. The van der Waals surface area contributed by atoms with E-state index in [9.17, 15) is 15.0 Å². The third-order valence-corrected chi connectivity index (χ3v) is 7.34. The highest BCUT2D eigenvalue weighted by Crippen LogP contribution is 2.54. The molecule has 7 heteroatoms. The molecule has 4 aromatic carbocycles. The lowest BCUT2D eigenvalue weighted by molar-refractivity contribution is -0.132. The van der Waals surface area contributed by atoms with E-state index in [4.69, 9.17) is 9.47 Å². The fourth-order valence-electron chi connectivity index (χ4n) is 5.10. The molecule has 0 saturated carbocycles. The van der Waals surface area contributed by atoms with Crippen LogP contribution in [0.25, 0.3) is 0 Å². The van der Waals surface area contributed by atoms with Gasteiger partial charge in [-0.25, -0.2) is 0 Å². The molecule has 2 N–H and O–H groups in total. The molecule has 0 saturated heterocycles. The van der Waals surface area contributed by atoms with Gasteiger partial charge in [0.2, 0.25) is 5.60 Å². The van der Waals surface area contributed by atoms with Crippen LogP contribution in [0.15, 0.2) is 95.5 Å². The van der Waals surface area contributed by atoms with E-state index in [1.165, 1.54) is 12.1 Å². The molecular weight excluding hydrogens is 522 g/mol. The van der Waals surface area contributed by atoms with Gasteiger partial charge in [-0.2, -0.15) is 0 Å². The van der Waals surface area contributed by atoms with Crippen LogP contribution in [0, 0.1) is 0 Å². The number of benzene rings is 4. The van der Waals surface area contributed by atoms with Gasteiger partial charge in [0, 0.05) is 21.7 Å². The smallest absolute Gasteiger partial charge is 0.269 e. The van der Waals surface area contributed by atoms with Crippen molar-refractivity contribution < 1.29 is 24.5 Å². The Hall–Kier alpha value is -3.81. The molecule has 180 valence electrons. The Morgan fingerprint density at radius 3 is 2.03 bits per heavy atom. The molecule has 36 heavy (non-hydrogen) atoms. The lowest BCUT2D eigenvalue weighted by atomic mass is 9.86. The molecule has 6 rings (SSSR count). The third-order valence-electron chi connectivity index (χ3n) is 6.68. The summed E-state index contributed by atoms with van der Waals surface area (Å²) in [5.41, 5.74) is 0.546. The molecule has 0 radical (unpaired) electrons. The summed E-state index contributed by atoms with van der Waals surface area (Å²) in [4.78, 5) is 16.0. The SMILES string of the molecule is O=C1N(C(c2ccccc2)c2ccccc2)c2cccc(Br)c2C1(O)c1cc2c(cc1O)OCCO2. The molecule has 2 aliphatic heterocycles. The van der Waals surface area contributed by atoms with Gasteiger partial charge < -0.3 is 19.7 Å². The summed E-state index contributed by atoms with van der Waals surface area (Å²) in [6.07, 6.45) is 0. The first-order valence-corrected chi connectivity index (χ1v) is 12.4. The second-order valence-corrected chi connectivity index (χ2v) is 9.61. The maximum atomic E-state index is 14.4. The second-order valence-electron chi connectivity index (χ2n) is 8.76. The summed E-state index contributed by atoms with van der Waals surface area (Å²) in [6, 6.07) is 27.2. The van der Waals surface area contributed by atoms with Crippen LogP contribution in [0.5, 0.6) is 17.2 Å². The van der Waals surface area contributed by atoms with Crippen LogP contribution in [-0.4, -0.2) is 29.3 Å². The Morgan fingerprint density at radius 1 is 0.833 bits per heavy atom.